The summed E-state index contributed by atoms with van der Waals surface area (Å²) >= 11 is 0.905. The molecular weight excluding hydrogens is 286 g/mol. The van der Waals surface area contributed by atoms with Crippen molar-refractivity contribution >= 4 is 17.7 Å². The van der Waals surface area contributed by atoms with Crippen LogP contribution in [0, 0.1) is 11.6 Å². The Bertz CT molecular complexity index is 659. The number of hydrogen-bond donors (Lipinski definition) is 1. The fraction of sp³-hybridized carbons (Fsp3) is 0.0714. The second-order valence-corrected chi connectivity index (χ2v) is 4.93. The molecule has 2 aromatic carbocycles. The summed E-state index contributed by atoms with van der Waals surface area (Å²) in [6.07, 6.45) is 0. The Kier molecular flexibility index (Phi) is 4.24. The molecule has 0 saturated carbocycles. The largest absolute Gasteiger partial charge is 0.497 e. The zero-order chi connectivity index (χ0) is 14.7. The van der Waals surface area contributed by atoms with Gasteiger partial charge < -0.3 is 9.84 Å². The van der Waals surface area contributed by atoms with Gasteiger partial charge in [-0.1, -0.05) is 11.8 Å². The third kappa shape index (κ3) is 3.08. The number of carboxylic acids is 1. The van der Waals surface area contributed by atoms with E-state index in [2.05, 4.69) is 0 Å². The van der Waals surface area contributed by atoms with E-state index in [1.165, 1.54) is 31.4 Å². The summed E-state index contributed by atoms with van der Waals surface area (Å²) in [4.78, 5) is 11.6. The topological polar surface area (TPSA) is 46.5 Å². The average molecular weight is 296 g/mol. The number of hydrogen-bond acceptors (Lipinski definition) is 3. The van der Waals surface area contributed by atoms with Gasteiger partial charge >= 0.3 is 5.97 Å². The Morgan fingerprint density at radius 3 is 2.50 bits per heavy atom. The maximum atomic E-state index is 13.6. The summed E-state index contributed by atoms with van der Waals surface area (Å²) in [6, 6.07) is 7.52. The molecule has 0 heterocycles. The number of benzene rings is 2. The van der Waals surface area contributed by atoms with Crippen LogP contribution in [0.2, 0.25) is 0 Å². The first kappa shape index (κ1) is 14.3. The van der Waals surface area contributed by atoms with E-state index in [0.717, 1.165) is 23.9 Å². The molecule has 0 unspecified atom stereocenters. The van der Waals surface area contributed by atoms with E-state index in [1.54, 1.807) is 0 Å². The molecule has 0 amide bonds. The molecule has 3 nitrogen and oxygen atoms in total. The van der Waals surface area contributed by atoms with E-state index in [1.807, 2.05) is 0 Å². The highest BCUT2D eigenvalue weighted by Crippen LogP contribution is 2.34. The van der Waals surface area contributed by atoms with Gasteiger partial charge in [-0.25, -0.2) is 13.6 Å². The van der Waals surface area contributed by atoms with Gasteiger partial charge in [0.05, 0.1) is 12.7 Å². The van der Waals surface area contributed by atoms with Crippen molar-refractivity contribution in [2.75, 3.05) is 7.11 Å². The van der Waals surface area contributed by atoms with Crippen molar-refractivity contribution < 1.29 is 23.4 Å². The molecule has 0 atom stereocenters. The molecule has 0 fully saturated rings. The molecule has 0 bridgehead atoms. The van der Waals surface area contributed by atoms with Crippen LogP contribution < -0.4 is 4.74 Å². The van der Waals surface area contributed by atoms with Crippen molar-refractivity contribution in [3.05, 3.63) is 53.6 Å². The molecule has 1 N–H and O–H groups in total. The first-order valence-electron chi connectivity index (χ1n) is 5.55. The SMILES string of the molecule is COc1ccc(C(=O)O)c(Sc2ccc(F)cc2F)c1. The van der Waals surface area contributed by atoms with Gasteiger partial charge in [-0.2, -0.15) is 0 Å². The Morgan fingerprint density at radius 2 is 1.90 bits per heavy atom. The van der Waals surface area contributed by atoms with Crippen LogP contribution in [0.3, 0.4) is 0 Å². The fourth-order valence-corrected chi connectivity index (χ4v) is 2.54. The number of methoxy groups -OCH3 is 1. The predicted octanol–water partition coefficient (Wildman–Crippen LogP) is 3.82. The van der Waals surface area contributed by atoms with Crippen LogP contribution in [0.25, 0.3) is 0 Å². The summed E-state index contributed by atoms with van der Waals surface area (Å²) in [5.41, 5.74) is 0.0273. The molecule has 0 saturated heterocycles. The van der Waals surface area contributed by atoms with Gasteiger partial charge in [0.25, 0.3) is 0 Å². The van der Waals surface area contributed by atoms with Gasteiger partial charge in [0, 0.05) is 15.9 Å². The standard InChI is InChI=1S/C14H10F2O3S/c1-19-9-3-4-10(14(17)18)13(7-9)20-12-5-2-8(15)6-11(12)16/h2-7H,1H3,(H,17,18). The first-order chi connectivity index (χ1) is 9.51. The number of rotatable bonds is 4. The molecule has 0 aliphatic carbocycles. The third-order valence-corrected chi connectivity index (χ3v) is 3.64. The lowest BCUT2D eigenvalue weighted by Gasteiger charge is -2.09. The molecule has 20 heavy (non-hydrogen) atoms. The molecule has 0 radical (unpaired) electrons. The van der Waals surface area contributed by atoms with E-state index in [-0.39, 0.29) is 10.5 Å². The summed E-state index contributed by atoms with van der Waals surface area (Å²) in [5.74, 6) is -2.09. The number of carboxylic acid groups (broad SMARTS) is 1. The van der Waals surface area contributed by atoms with Crippen molar-refractivity contribution in [2.24, 2.45) is 0 Å². The van der Waals surface area contributed by atoms with E-state index in [4.69, 9.17) is 9.84 Å². The van der Waals surface area contributed by atoms with Crippen LogP contribution in [0.4, 0.5) is 8.78 Å². The molecule has 0 aliphatic rings. The summed E-state index contributed by atoms with van der Waals surface area (Å²) in [5, 5.41) is 9.11. The van der Waals surface area contributed by atoms with Crippen LogP contribution in [0.1, 0.15) is 10.4 Å². The Hall–Kier alpha value is -2.08. The molecule has 0 aliphatic heterocycles. The van der Waals surface area contributed by atoms with Crippen LogP contribution in [-0.2, 0) is 0 Å². The van der Waals surface area contributed by atoms with E-state index in [0.29, 0.717) is 10.6 Å². The second-order valence-electron chi connectivity index (χ2n) is 3.84. The lowest BCUT2D eigenvalue weighted by molar-refractivity contribution is 0.0693. The number of ether oxygens (including phenoxy) is 1. The fourth-order valence-electron chi connectivity index (χ4n) is 1.57. The molecule has 0 spiro atoms. The Labute approximate surface area is 118 Å². The van der Waals surface area contributed by atoms with Gasteiger partial charge in [-0.3, -0.25) is 0 Å². The zero-order valence-corrected chi connectivity index (χ0v) is 11.2. The van der Waals surface area contributed by atoms with Crippen molar-refractivity contribution in [1.29, 1.82) is 0 Å². The van der Waals surface area contributed by atoms with E-state index in [9.17, 15) is 13.6 Å². The van der Waals surface area contributed by atoms with Crippen LogP contribution in [0.5, 0.6) is 5.75 Å². The third-order valence-electron chi connectivity index (χ3n) is 2.53. The van der Waals surface area contributed by atoms with Gasteiger partial charge in [-0.05, 0) is 30.3 Å². The minimum atomic E-state index is -1.13. The van der Waals surface area contributed by atoms with Crippen molar-refractivity contribution in [1.82, 2.24) is 0 Å². The van der Waals surface area contributed by atoms with E-state index < -0.39 is 17.6 Å². The number of aromatic carboxylic acids is 1. The quantitative estimate of drug-likeness (QED) is 0.931. The summed E-state index contributed by atoms with van der Waals surface area (Å²) in [7, 11) is 1.45. The second kappa shape index (κ2) is 5.92. The Balaban J connectivity index is 2.43. The lowest BCUT2D eigenvalue weighted by Crippen LogP contribution is -1.99. The minimum Gasteiger partial charge on any atom is -0.497 e. The Morgan fingerprint density at radius 1 is 1.15 bits per heavy atom. The zero-order valence-electron chi connectivity index (χ0n) is 10.4. The van der Waals surface area contributed by atoms with Crippen molar-refractivity contribution in [3.8, 4) is 5.75 Å². The summed E-state index contributed by atoms with van der Waals surface area (Å²) in [6.45, 7) is 0. The maximum absolute atomic E-state index is 13.6. The molecule has 6 heteroatoms. The molecule has 104 valence electrons. The highest BCUT2D eigenvalue weighted by atomic mass is 32.2. The number of halogens is 2. The van der Waals surface area contributed by atoms with Crippen LogP contribution in [-0.4, -0.2) is 18.2 Å². The van der Waals surface area contributed by atoms with Crippen LogP contribution in [0.15, 0.2) is 46.2 Å². The molecular formula is C14H10F2O3S. The van der Waals surface area contributed by atoms with Gasteiger partial charge in [-0.15, -0.1) is 0 Å². The lowest BCUT2D eigenvalue weighted by atomic mass is 10.2. The molecule has 0 aromatic heterocycles. The van der Waals surface area contributed by atoms with Gasteiger partial charge in [0.2, 0.25) is 0 Å². The van der Waals surface area contributed by atoms with Crippen LogP contribution >= 0.6 is 11.8 Å². The van der Waals surface area contributed by atoms with Gasteiger partial charge in [0.1, 0.15) is 17.4 Å². The predicted molar refractivity (Wildman–Crippen MR) is 70.4 cm³/mol. The average Bonchev–Trinajstić information content (AvgIpc) is 2.41. The van der Waals surface area contributed by atoms with Gasteiger partial charge in [0.15, 0.2) is 0 Å². The number of carbonyl (C=O) groups is 1. The maximum Gasteiger partial charge on any atom is 0.336 e. The smallest absolute Gasteiger partial charge is 0.336 e. The normalized spacial score (nSPS) is 10.3. The highest BCUT2D eigenvalue weighted by molar-refractivity contribution is 7.99. The van der Waals surface area contributed by atoms with E-state index >= 15 is 0 Å². The molecule has 2 aromatic rings. The summed E-state index contributed by atoms with van der Waals surface area (Å²) < 4.78 is 31.5. The highest BCUT2D eigenvalue weighted by Gasteiger charge is 2.14. The van der Waals surface area contributed by atoms with Crippen molar-refractivity contribution in [3.63, 3.8) is 0 Å². The molecule has 2 rings (SSSR count). The first-order valence-corrected chi connectivity index (χ1v) is 6.37. The monoisotopic (exact) mass is 296 g/mol. The minimum absolute atomic E-state index is 0.0273. The van der Waals surface area contributed by atoms with Crippen molar-refractivity contribution in [2.45, 2.75) is 9.79 Å².